The molecule has 138 valence electrons. The van der Waals surface area contributed by atoms with Crippen LogP contribution in [0.15, 0.2) is 59.4 Å². The van der Waals surface area contributed by atoms with Crippen molar-refractivity contribution >= 4 is 22.4 Å². The van der Waals surface area contributed by atoms with Crippen molar-refractivity contribution in [2.45, 2.75) is 32.6 Å². The molecular weight excluding hydrogens is 354 g/mol. The average molecular weight is 378 g/mol. The van der Waals surface area contributed by atoms with Crippen LogP contribution in [0.3, 0.4) is 0 Å². The highest BCUT2D eigenvalue weighted by molar-refractivity contribution is 7.08. The Bertz CT molecular complexity index is 975. The number of hydrogen-bond donors (Lipinski definition) is 2. The number of hydrogen-bond acceptors (Lipinski definition) is 5. The first kappa shape index (κ1) is 17.9. The molecule has 0 spiro atoms. The monoisotopic (exact) mass is 377 g/mol. The summed E-state index contributed by atoms with van der Waals surface area (Å²) in [6.45, 7) is 4.28. The van der Waals surface area contributed by atoms with Crippen LogP contribution >= 0.6 is 11.3 Å². The van der Waals surface area contributed by atoms with Gasteiger partial charge in [0.2, 0.25) is 0 Å². The van der Waals surface area contributed by atoms with E-state index in [0.717, 1.165) is 29.1 Å². The fourth-order valence-corrected chi connectivity index (χ4v) is 4.17. The number of benzene rings is 1. The average Bonchev–Trinajstić information content (AvgIpc) is 3.33. The maximum absolute atomic E-state index is 5.92. The van der Waals surface area contributed by atoms with E-state index in [1.54, 1.807) is 11.3 Å². The van der Waals surface area contributed by atoms with Gasteiger partial charge in [-0.05, 0) is 53.1 Å². The van der Waals surface area contributed by atoms with E-state index in [1.807, 2.05) is 36.5 Å². The summed E-state index contributed by atoms with van der Waals surface area (Å²) < 4.78 is 0. The number of H-pyrrole nitrogens is 1. The summed E-state index contributed by atoms with van der Waals surface area (Å²) in [5.74, 6) is 0.962. The number of rotatable bonds is 7. The first-order valence-electron chi connectivity index (χ1n) is 9.07. The smallest absolute Gasteiger partial charge is 0.121 e. The lowest BCUT2D eigenvalue weighted by Crippen LogP contribution is -2.27. The van der Waals surface area contributed by atoms with Gasteiger partial charge in [-0.1, -0.05) is 18.2 Å². The van der Waals surface area contributed by atoms with Crippen LogP contribution in [0.5, 0.6) is 0 Å². The minimum Gasteiger partial charge on any atom is -0.341 e. The molecule has 1 aromatic carbocycles. The van der Waals surface area contributed by atoms with Crippen LogP contribution in [-0.2, 0) is 19.6 Å². The Morgan fingerprint density at radius 2 is 1.89 bits per heavy atom. The topological polar surface area (TPSA) is 70.8 Å². The van der Waals surface area contributed by atoms with E-state index < -0.39 is 0 Å². The van der Waals surface area contributed by atoms with E-state index in [-0.39, 0.29) is 6.04 Å². The number of aromatic amines is 1. The van der Waals surface area contributed by atoms with E-state index in [1.165, 1.54) is 11.1 Å². The van der Waals surface area contributed by atoms with Crippen LogP contribution in [0.1, 0.15) is 35.6 Å². The Kier molecular flexibility index (Phi) is 5.29. The number of aromatic nitrogens is 3. The van der Waals surface area contributed by atoms with Gasteiger partial charge in [0.15, 0.2) is 0 Å². The van der Waals surface area contributed by atoms with E-state index in [9.17, 15) is 0 Å². The lowest BCUT2D eigenvalue weighted by Gasteiger charge is -2.28. The predicted octanol–water partition coefficient (Wildman–Crippen LogP) is 4.24. The molecule has 5 nitrogen and oxygen atoms in total. The zero-order valence-corrected chi connectivity index (χ0v) is 16.1. The molecule has 6 heteroatoms. The van der Waals surface area contributed by atoms with Crippen LogP contribution in [0.25, 0.3) is 11.0 Å². The third kappa shape index (κ3) is 3.93. The number of nitrogens with zero attached hydrogens (tertiary/aromatic N) is 3. The van der Waals surface area contributed by atoms with Crippen molar-refractivity contribution < 1.29 is 0 Å². The number of thiophene rings is 1. The van der Waals surface area contributed by atoms with Gasteiger partial charge < -0.3 is 10.7 Å². The molecule has 0 radical (unpaired) electrons. The second-order valence-electron chi connectivity index (χ2n) is 6.66. The molecule has 0 fully saturated rings. The minimum atomic E-state index is 0.157. The Labute approximate surface area is 162 Å². The largest absolute Gasteiger partial charge is 0.341 e. The van der Waals surface area contributed by atoms with Crippen LogP contribution in [0, 0.1) is 0 Å². The molecule has 3 aromatic heterocycles. The summed E-state index contributed by atoms with van der Waals surface area (Å²) in [4.78, 5) is 15.2. The molecule has 0 aliphatic carbocycles. The molecule has 1 atom stereocenters. The normalized spacial score (nSPS) is 12.7. The Hall–Kier alpha value is -2.54. The molecule has 0 amide bonds. The molecule has 3 heterocycles. The number of fused-ring (bicyclic) bond motifs is 1. The molecule has 1 unspecified atom stereocenters. The maximum Gasteiger partial charge on any atom is 0.121 e. The van der Waals surface area contributed by atoms with Crippen LogP contribution < -0.4 is 5.73 Å². The van der Waals surface area contributed by atoms with Crippen molar-refractivity contribution in [1.82, 2.24) is 19.9 Å². The van der Waals surface area contributed by atoms with Gasteiger partial charge in [0, 0.05) is 19.3 Å². The second-order valence-corrected chi connectivity index (χ2v) is 7.41. The first-order chi connectivity index (χ1) is 13.2. The zero-order valence-electron chi connectivity index (χ0n) is 15.3. The van der Waals surface area contributed by atoms with Crippen LogP contribution in [-0.4, -0.2) is 19.9 Å². The fourth-order valence-electron chi connectivity index (χ4n) is 3.30. The summed E-state index contributed by atoms with van der Waals surface area (Å²) in [7, 11) is 0. The molecule has 4 aromatic rings. The standard InChI is InChI=1S/C21H23N5S/c1-15(18-6-4-5-9-23-18)26(11-17-14-27-13-16(17)10-22)12-21-24-19-7-2-3-8-20(19)25-21/h2-9,13-15H,10-12,22H2,1H3,(H,24,25). The zero-order chi connectivity index (χ0) is 18.6. The third-order valence-corrected chi connectivity index (χ3v) is 5.72. The molecule has 0 saturated carbocycles. The molecule has 27 heavy (non-hydrogen) atoms. The number of pyridine rings is 1. The van der Waals surface area contributed by atoms with Crippen molar-refractivity contribution in [2.24, 2.45) is 5.73 Å². The van der Waals surface area contributed by atoms with E-state index in [0.29, 0.717) is 13.1 Å². The van der Waals surface area contributed by atoms with Gasteiger partial charge in [0.05, 0.1) is 29.3 Å². The Morgan fingerprint density at radius 1 is 1.07 bits per heavy atom. The van der Waals surface area contributed by atoms with E-state index >= 15 is 0 Å². The van der Waals surface area contributed by atoms with Gasteiger partial charge in [-0.25, -0.2) is 4.98 Å². The fraction of sp³-hybridized carbons (Fsp3) is 0.238. The summed E-state index contributed by atoms with van der Waals surface area (Å²) in [6.07, 6.45) is 1.85. The number of imidazole rings is 1. The Balaban J connectivity index is 1.64. The van der Waals surface area contributed by atoms with Gasteiger partial charge in [-0.15, -0.1) is 0 Å². The van der Waals surface area contributed by atoms with Crippen molar-refractivity contribution in [3.63, 3.8) is 0 Å². The molecule has 0 aliphatic rings. The number of para-hydroxylation sites is 2. The first-order valence-corrected chi connectivity index (χ1v) is 10.0. The highest BCUT2D eigenvalue weighted by Gasteiger charge is 2.20. The Morgan fingerprint density at radius 3 is 2.67 bits per heavy atom. The van der Waals surface area contributed by atoms with Gasteiger partial charge >= 0.3 is 0 Å². The molecule has 0 bridgehead atoms. The lowest BCUT2D eigenvalue weighted by molar-refractivity contribution is 0.184. The van der Waals surface area contributed by atoms with Crippen LogP contribution in [0.2, 0.25) is 0 Å². The second kappa shape index (κ2) is 8.00. The van der Waals surface area contributed by atoms with Gasteiger partial charge in [-0.2, -0.15) is 11.3 Å². The van der Waals surface area contributed by atoms with Crippen molar-refractivity contribution in [2.75, 3.05) is 0 Å². The molecule has 0 aliphatic heterocycles. The molecule has 3 N–H and O–H groups in total. The lowest BCUT2D eigenvalue weighted by atomic mass is 10.1. The third-order valence-electron chi connectivity index (χ3n) is 4.88. The van der Waals surface area contributed by atoms with Crippen molar-refractivity contribution in [1.29, 1.82) is 0 Å². The minimum absolute atomic E-state index is 0.157. The van der Waals surface area contributed by atoms with E-state index in [2.05, 4.69) is 44.7 Å². The van der Waals surface area contributed by atoms with Crippen LogP contribution in [0.4, 0.5) is 0 Å². The summed E-state index contributed by atoms with van der Waals surface area (Å²) in [5.41, 5.74) is 11.5. The quantitative estimate of drug-likeness (QED) is 0.505. The number of nitrogens with one attached hydrogen (secondary N) is 1. The van der Waals surface area contributed by atoms with Crippen molar-refractivity contribution in [3.8, 4) is 0 Å². The summed E-state index contributed by atoms with van der Waals surface area (Å²) >= 11 is 1.70. The maximum atomic E-state index is 5.92. The van der Waals surface area contributed by atoms with Crippen molar-refractivity contribution in [3.05, 3.63) is 82.1 Å². The van der Waals surface area contributed by atoms with Gasteiger partial charge in [0.1, 0.15) is 5.82 Å². The van der Waals surface area contributed by atoms with Gasteiger partial charge in [0.25, 0.3) is 0 Å². The molecule has 0 saturated heterocycles. The summed E-state index contributed by atoms with van der Waals surface area (Å²) in [6, 6.07) is 14.4. The highest BCUT2D eigenvalue weighted by atomic mass is 32.1. The highest BCUT2D eigenvalue weighted by Crippen LogP contribution is 2.26. The summed E-state index contributed by atoms with van der Waals surface area (Å²) in [5, 5.41) is 4.33. The predicted molar refractivity (Wildman–Crippen MR) is 110 cm³/mol. The van der Waals surface area contributed by atoms with E-state index in [4.69, 9.17) is 10.7 Å². The number of nitrogens with two attached hydrogens (primary N) is 1. The molecular formula is C21H23N5S. The molecule has 4 rings (SSSR count). The SMILES string of the molecule is CC(c1ccccn1)N(Cc1nc2ccccc2[nH]1)Cc1cscc1CN. The van der Waals surface area contributed by atoms with Gasteiger partial charge in [-0.3, -0.25) is 9.88 Å².